The number of fused-ring (bicyclic) bond motifs is 1. The summed E-state index contributed by atoms with van der Waals surface area (Å²) >= 11 is 0. The average molecular weight is 434 g/mol. The molecule has 2 fully saturated rings. The second-order valence-corrected chi connectivity index (χ2v) is 8.63. The predicted molar refractivity (Wildman–Crippen MR) is 119 cm³/mol. The van der Waals surface area contributed by atoms with Gasteiger partial charge < -0.3 is 10.1 Å². The minimum absolute atomic E-state index is 0.176. The van der Waals surface area contributed by atoms with Gasteiger partial charge in [-0.1, -0.05) is 31.2 Å². The van der Waals surface area contributed by atoms with Gasteiger partial charge in [-0.15, -0.1) is 0 Å². The Morgan fingerprint density at radius 2 is 1.78 bits per heavy atom. The van der Waals surface area contributed by atoms with Crippen LogP contribution in [0.1, 0.15) is 42.1 Å². The Bertz CT molecular complexity index is 1080. The van der Waals surface area contributed by atoms with Crippen LogP contribution in [0.2, 0.25) is 0 Å². The molecule has 3 atom stereocenters. The lowest BCUT2D eigenvalue weighted by atomic mass is 9.76. The second-order valence-electron chi connectivity index (χ2n) is 8.63. The van der Waals surface area contributed by atoms with Gasteiger partial charge in [0.05, 0.1) is 23.1 Å². The number of amides is 3. The van der Waals surface area contributed by atoms with Crippen molar-refractivity contribution in [1.29, 1.82) is 0 Å². The number of ether oxygens (including phenoxy) is 1. The van der Waals surface area contributed by atoms with Crippen molar-refractivity contribution in [1.82, 2.24) is 0 Å². The number of carbonyl (C=O) groups excluding carboxylic acids is 4. The summed E-state index contributed by atoms with van der Waals surface area (Å²) in [5.74, 6) is -1.69. The van der Waals surface area contributed by atoms with Crippen molar-refractivity contribution in [2.75, 3.05) is 16.8 Å². The number of esters is 1. The molecule has 1 N–H and O–H groups in total. The Hall–Kier alpha value is -3.48. The van der Waals surface area contributed by atoms with Crippen LogP contribution in [0.3, 0.4) is 0 Å². The van der Waals surface area contributed by atoms with Crippen molar-refractivity contribution < 1.29 is 23.9 Å². The quantitative estimate of drug-likeness (QED) is 0.572. The number of nitrogens with zero attached hydrogens (tertiary/aromatic N) is 1. The molecule has 32 heavy (non-hydrogen) atoms. The first-order chi connectivity index (χ1) is 15.3. The highest BCUT2D eigenvalue weighted by atomic mass is 16.5. The van der Waals surface area contributed by atoms with Crippen molar-refractivity contribution in [3.63, 3.8) is 0 Å². The molecule has 4 rings (SSSR count). The highest BCUT2D eigenvalue weighted by molar-refractivity contribution is 6.22. The molecule has 1 saturated carbocycles. The maximum absolute atomic E-state index is 12.9. The summed E-state index contributed by atoms with van der Waals surface area (Å²) in [6.45, 7) is 3.52. The molecule has 1 heterocycles. The summed E-state index contributed by atoms with van der Waals surface area (Å²) in [5.41, 5.74) is 2.09. The number of carbonyl (C=O) groups is 4. The highest BCUT2D eigenvalue weighted by Gasteiger charge is 2.50. The number of aryl methyl sites for hydroxylation is 1. The first-order valence-electron chi connectivity index (χ1n) is 10.9. The van der Waals surface area contributed by atoms with Crippen molar-refractivity contribution in [3.05, 3.63) is 59.7 Å². The molecule has 2 aliphatic rings. The Kier molecular flexibility index (Phi) is 6.08. The van der Waals surface area contributed by atoms with Crippen LogP contribution in [0.4, 0.5) is 11.4 Å². The van der Waals surface area contributed by atoms with Crippen molar-refractivity contribution >= 4 is 35.1 Å². The third-order valence-electron chi connectivity index (χ3n) is 6.28. The van der Waals surface area contributed by atoms with E-state index < -0.39 is 18.5 Å². The van der Waals surface area contributed by atoms with Gasteiger partial charge in [0.1, 0.15) is 0 Å². The molecule has 0 spiro atoms. The molecule has 7 nitrogen and oxygen atoms in total. The molecular weight excluding hydrogens is 408 g/mol. The van der Waals surface area contributed by atoms with Crippen LogP contribution < -0.4 is 10.2 Å². The standard InChI is InChI=1S/C25H26N2O5/c1-15-10-11-19-20(12-15)24(30)27(23(19)29)18-8-5-7-17(13-18)25(31)32-14-22(28)26-21-9-4-3-6-16(21)2/h3-9,13,15,19-20H,10-12,14H2,1-2H3,(H,26,28)/t15-,19+,20-/m0/s1. The SMILES string of the molecule is Cc1ccccc1NC(=O)COC(=O)c1cccc(N2C(=O)[C@H]3C[C@@H](C)CC[C@H]3C2=O)c1. The summed E-state index contributed by atoms with van der Waals surface area (Å²) < 4.78 is 5.14. The summed E-state index contributed by atoms with van der Waals surface area (Å²) in [6, 6.07) is 13.5. The van der Waals surface area contributed by atoms with Crippen LogP contribution in [-0.2, 0) is 19.1 Å². The van der Waals surface area contributed by atoms with Crippen LogP contribution >= 0.6 is 0 Å². The Morgan fingerprint density at radius 1 is 1.03 bits per heavy atom. The van der Waals surface area contributed by atoms with Gasteiger partial charge in [-0.3, -0.25) is 19.3 Å². The van der Waals surface area contributed by atoms with Crippen LogP contribution in [0.25, 0.3) is 0 Å². The lowest BCUT2D eigenvalue weighted by Crippen LogP contribution is -2.31. The van der Waals surface area contributed by atoms with Gasteiger partial charge in [0, 0.05) is 5.69 Å². The summed E-state index contributed by atoms with van der Waals surface area (Å²) in [7, 11) is 0. The average Bonchev–Trinajstić information content (AvgIpc) is 3.03. The molecule has 0 radical (unpaired) electrons. The fourth-order valence-electron chi connectivity index (χ4n) is 4.53. The van der Waals surface area contributed by atoms with E-state index in [4.69, 9.17) is 4.74 Å². The molecule has 1 aliphatic carbocycles. The summed E-state index contributed by atoms with van der Waals surface area (Å²) in [5, 5.41) is 2.70. The number of rotatable bonds is 5. The molecule has 3 amide bonds. The van der Waals surface area contributed by atoms with E-state index >= 15 is 0 Å². The van der Waals surface area contributed by atoms with Crippen LogP contribution in [0, 0.1) is 24.7 Å². The van der Waals surface area contributed by atoms with Gasteiger partial charge in [-0.2, -0.15) is 0 Å². The highest BCUT2D eigenvalue weighted by Crippen LogP contribution is 2.42. The van der Waals surface area contributed by atoms with E-state index in [1.807, 2.05) is 19.1 Å². The Balaban J connectivity index is 1.42. The van der Waals surface area contributed by atoms with Gasteiger partial charge in [-0.05, 0) is 61.9 Å². The van der Waals surface area contributed by atoms with Gasteiger partial charge in [-0.25, -0.2) is 4.79 Å². The number of para-hydroxylation sites is 1. The van der Waals surface area contributed by atoms with Crippen molar-refractivity contribution in [2.24, 2.45) is 17.8 Å². The van der Waals surface area contributed by atoms with Gasteiger partial charge in [0.2, 0.25) is 11.8 Å². The zero-order valence-electron chi connectivity index (χ0n) is 18.2. The van der Waals surface area contributed by atoms with Crippen LogP contribution in [0.15, 0.2) is 48.5 Å². The van der Waals surface area contributed by atoms with E-state index in [2.05, 4.69) is 12.2 Å². The van der Waals surface area contributed by atoms with E-state index in [-0.39, 0.29) is 29.2 Å². The number of anilines is 2. The predicted octanol–water partition coefficient (Wildman–Crippen LogP) is 3.72. The monoisotopic (exact) mass is 434 g/mol. The molecule has 1 aliphatic heterocycles. The maximum atomic E-state index is 12.9. The molecule has 7 heteroatoms. The van der Waals surface area contributed by atoms with E-state index in [1.165, 1.54) is 17.0 Å². The minimum atomic E-state index is -0.697. The first kappa shape index (κ1) is 21.7. The van der Waals surface area contributed by atoms with Gasteiger partial charge in [0.25, 0.3) is 5.91 Å². The number of nitrogens with one attached hydrogen (secondary N) is 1. The largest absolute Gasteiger partial charge is 0.452 e. The van der Waals surface area contributed by atoms with E-state index in [0.29, 0.717) is 30.1 Å². The number of imide groups is 1. The molecule has 1 saturated heterocycles. The molecule has 0 aromatic heterocycles. The lowest BCUT2D eigenvalue weighted by Gasteiger charge is -2.25. The van der Waals surface area contributed by atoms with Crippen molar-refractivity contribution in [2.45, 2.75) is 33.1 Å². The number of hydrogen-bond donors (Lipinski definition) is 1. The van der Waals surface area contributed by atoms with E-state index in [0.717, 1.165) is 12.0 Å². The summed E-state index contributed by atoms with van der Waals surface area (Å²) in [4.78, 5) is 51.7. The zero-order chi connectivity index (χ0) is 22.8. The first-order valence-corrected chi connectivity index (χ1v) is 10.9. The van der Waals surface area contributed by atoms with Gasteiger partial charge in [0.15, 0.2) is 6.61 Å². The van der Waals surface area contributed by atoms with Crippen LogP contribution in [0.5, 0.6) is 0 Å². The fourth-order valence-corrected chi connectivity index (χ4v) is 4.53. The number of benzene rings is 2. The third-order valence-corrected chi connectivity index (χ3v) is 6.28. The Morgan fingerprint density at radius 3 is 2.56 bits per heavy atom. The van der Waals surface area contributed by atoms with E-state index in [9.17, 15) is 19.2 Å². The second kappa shape index (κ2) is 8.94. The summed E-state index contributed by atoms with van der Waals surface area (Å²) in [6.07, 6.45) is 2.36. The topological polar surface area (TPSA) is 92.8 Å². The lowest BCUT2D eigenvalue weighted by molar-refractivity contribution is -0.122. The fraction of sp³-hybridized carbons (Fsp3) is 0.360. The Labute approximate surface area is 186 Å². The molecule has 166 valence electrons. The molecule has 0 bridgehead atoms. The zero-order valence-corrected chi connectivity index (χ0v) is 18.2. The molecule has 2 aromatic rings. The minimum Gasteiger partial charge on any atom is -0.452 e. The van der Waals surface area contributed by atoms with Crippen LogP contribution in [-0.4, -0.2) is 30.3 Å². The number of hydrogen-bond acceptors (Lipinski definition) is 5. The molecular formula is C25H26N2O5. The van der Waals surface area contributed by atoms with E-state index in [1.54, 1.807) is 24.3 Å². The normalized spacial score (nSPS) is 22.4. The third kappa shape index (κ3) is 4.28. The maximum Gasteiger partial charge on any atom is 0.338 e. The van der Waals surface area contributed by atoms with Gasteiger partial charge >= 0.3 is 5.97 Å². The molecule has 2 aromatic carbocycles. The van der Waals surface area contributed by atoms with Crippen molar-refractivity contribution in [3.8, 4) is 0 Å². The smallest absolute Gasteiger partial charge is 0.338 e. The molecule has 0 unspecified atom stereocenters.